The van der Waals surface area contributed by atoms with E-state index in [1.54, 1.807) is 18.3 Å². The maximum Gasteiger partial charge on any atom is 0.255 e. The summed E-state index contributed by atoms with van der Waals surface area (Å²) < 4.78 is 25.2. The number of sulfonamides is 1. The number of anilines is 2. The monoisotopic (exact) mass is 362 g/mol. The average molecular weight is 362 g/mol. The number of hydrogen-bond acceptors (Lipinski definition) is 5. The molecule has 0 spiro atoms. The van der Waals surface area contributed by atoms with Gasteiger partial charge in [0.05, 0.1) is 16.8 Å². The molecule has 1 heterocycles. The number of carbonyl (C=O) groups is 1. The molecule has 0 bridgehead atoms. The molecule has 134 valence electrons. The van der Waals surface area contributed by atoms with Gasteiger partial charge in [-0.15, -0.1) is 0 Å². The van der Waals surface area contributed by atoms with Gasteiger partial charge in [0.25, 0.3) is 5.91 Å². The lowest BCUT2D eigenvalue weighted by Gasteiger charge is -2.11. The largest absolute Gasteiger partial charge is 0.370 e. The van der Waals surface area contributed by atoms with Crippen molar-refractivity contribution >= 4 is 27.4 Å². The summed E-state index contributed by atoms with van der Waals surface area (Å²) in [6.45, 7) is 2.90. The first-order chi connectivity index (χ1) is 11.8. The molecule has 2 N–H and O–H groups in total. The second-order valence-electron chi connectivity index (χ2n) is 5.62. The average Bonchev–Trinajstić information content (AvgIpc) is 2.61. The molecular weight excluding hydrogens is 340 g/mol. The zero-order valence-electron chi connectivity index (χ0n) is 14.5. The van der Waals surface area contributed by atoms with Crippen LogP contribution in [-0.4, -0.2) is 44.3 Å². The predicted molar refractivity (Wildman–Crippen MR) is 98.3 cm³/mol. The highest BCUT2D eigenvalue weighted by Gasteiger charge is 2.17. The van der Waals surface area contributed by atoms with Crippen LogP contribution in [0.25, 0.3) is 0 Å². The Morgan fingerprint density at radius 1 is 1.12 bits per heavy atom. The van der Waals surface area contributed by atoms with Crippen molar-refractivity contribution in [1.29, 1.82) is 0 Å². The highest BCUT2D eigenvalue weighted by atomic mass is 32.2. The first kappa shape index (κ1) is 18.9. The molecule has 0 aliphatic rings. The SMILES string of the molecule is CCCNc1ccc(NC(=O)c2ccc(S(=O)(=O)N(C)C)cc2)cn1. The van der Waals surface area contributed by atoms with Gasteiger partial charge in [-0.2, -0.15) is 0 Å². The Kier molecular flexibility index (Phi) is 6.11. The smallest absolute Gasteiger partial charge is 0.255 e. The van der Waals surface area contributed by atoms with E-state index in [4.69, 9.17) is 0 Å². The zero-order valence-corrected chi connectivity index (χ0v) is 15.3. The molecule has 0 unspecified atom stereocenters. The van der Waals surface area contributed by atoms with Gasteiger partial charge in [-0.05, 0) is 42.8 Å². The molecule has 0 saturated carbocycles. The summed E-state index contributed by atoms with van der Waals surface area (Å²) in [7, 11) is -0.585. The van der Waals surface area contributed by atoms with E-state index < -0.39 is 10.0 Å². The topological polar surface area (TPSA) is 91.4 Å². The number of rotatable bonds is 7. The number of pyridine rings is 1. The molecule has 8 heteroatoms. The molecule has 0 radical (unpaired) electrons. The van der Waals surface area contributed by atoms with E-state index in [0.717, 1.165) is 23.1 Å². The molecule has 0 atom stereocenters. The van der Waals surface area contributed by atoms with Gasteiger partial charge in [-0.25, -0.2) is 17.7 Å². The quantitative estimate of drug-likeness (QED) is 0.789. The summed E-state index contributed by atoms with van der Waals surface area (Å²) in [4.78, 5) is 16.6. The van der Waals surface area contributed by atoms with E-state index in [9.17, 15) is 13.2 Å². The summed E-state index contributed by atoms with van der Waals surface area (Å²) in [6, 6.07) is 9.35. The van der Waals surface area contributed by atoms with Gasteiger partial charge in [0.1, 0.15) is 5.82 Å². The molecular formula is C17H22N4O3S. The first-order valence-electron chi connectivity index (χ1n) is 7.88. The highest BCUT2D eigenvalue weighted by Crippen LogP contribution is 2.16. The third-order valence-corrected chi connectivity index (χ3v) is 5.30. The number of carbonyl (C=O) groups excluding carboxylic acids is 1. The van der Waals surface area contributed by atoms with Gasteiger partial charge < -0.3 is 10.6 Å². The van der Waals surface area contributed by atoms with E-state index in [1.807, 2.05) is 0 Å². The Labute approximate surface area is 148 Å². The van der Waals surface area contributed by atoms with Crippen LogP contribution in [0.1, 0.15) is 23.7 Å². The second-order valence-corrected chi connectivity index (χ2v) is 7.78. The Bertz CT molecular complexity index is 816. The zero-order chi connectivity index (χ0) is 18.4. The summed E-state index contributed by atoms with van der Waals surface area (Å²) in [5.41, 5.74) is 0.933. The molecule has 0 fully saturated rings. The van der Waals surface area contributed by atoms with Crippen molar-refractivity contribution < 1.29 is 13.2 Å². The molecule has 2 aromatic rings. The van der Waals surface area contributed by atoms with Crippen molar-refractivity contribution in [2.75, 3.05) is 31.3 Å². The normalized spacial score (nSPS) is 11.4. The highest BCUT2D eigenvalue weighted by molar-refractivity contribution is 7.89. The Morgan fingerprint density at radius 3 is 2.32 bits per heavy atom. The van der Waals surface area contributed by atoms with E-state index in [-0.39, 0.29) is 10.8 Å². The maximum atomic E-state index is 12.3. The number of amides is 1. The van der Waals surface area contributed by atoms with Gasteiger partial charge in [0.2, 0.25) is 10.0 Å². The minimum absolute atomic E-state index is 0.141. The lowest BCUT2D eigenvalue weighted by atomic mass is 10.2. The van der Waals surface area contributed by atoms with Crippen LogP contribution in [0.5, 0.6) is 0 Å². The predicted octanol–water partition coefficient (Wildman–Crippen LogP) is 2.41. The minimum atomic E-state index is -3.51. The van der Waals surface area contributed by atoms with Crippen LogP contribution >= 0.6 is 0 Å². The fraction of sp³-hybridized carbons (Fsp3) is 0.294. The summed E-state index contributed by atoms with van der Waals surface area (Å²) in [5, 5.41) is 5.88. The van der Waals surface area contributed by atoms with Crippen LogP contribution in [0.3, 0.4) is 0 Å². The van der Waals surface area contributed by atoms with E-state index in [1.165, 1.54) is 38.4 Å². The molecule has 1 amide bonds. The Hall–Kier alpha value is -2.45. The number of nitrogens with one attached hydrogen (secondary N) is 2. The van der Waals surface area contributed by atoms with Crippen LogP contribution in [0.15, 0.2) is 47.5 Å². The summed E-state index contributed by atoms with van der Waals surface area (Å²) in [6.07, 6.45) is 2.57. The fourth-order valence-corrected chi connectivity index (χ4v) is 2.92. The van der Waals surface area contributed by atoms with Gasteiger partial charge in [-0.1, -0.05) is 6.92 Å². The van der Waals surface area contributed by atoms with Gasteiger partial charge in [0.15, 0.2) is 0 Å². The Balaban J connectivity index is 2.06. The van der Waals surface area contributed by atoms with Gasteiger partial charge in [0, 0.05) is 26.2 Å². The fourth-order valence-electron chi connectivity index (χ4n) is 2.02. The van der Waals surface area contributed by atoms with E-state index in [2.05, 4.69) is 22.5 Å². The molecule has 0 aliphatic carbocycles. The molecule has 25 heavy (non-hydrogen) atoms. The lowest BCUT2D eigenvalue weighted by Crippen LogP contribution is -2.22. The molecule has 0 saturated heterocycles. The van der Waals surface area contributed by atoms with Crippen molar-refractivity contribution in [1.82, 2.24) is 9.29 Å². The lowest BCUT2D eigenvalue weighted by molar-refractivity contribution is 0.102. The minimum Gasteiger partial charge on any atom is -0.370 e. The van der Waals surface area contributed by atoms with Crippen molar-refractivity contribution in [3.63, 3.8) is 0 Å². The summed E-state index contributed by atoms with van der Waals surface area (Å²) >= 11 is 0. The van der Waals surface area contributed by atoms with Crippen LogP contribution in [-0.2, 0) is 10.0 Å². The number of aromatic nitrogens is 1. The standard InChI is InChI=1S/C17H22N4O3S/c1-4-11-18-16-10-7-14(12-19-16)20-17(22)13-5-8-15(9-6-13)25(23,24)21(2)3/h5-10,12H,4,11H2,1-3H3,(H,18,19)(H,20,22). The van der Waals surface area contributed by atoms with E-state index >= 15 is 0 Å². The van der Waals surface area contributed by atoms with Gasteiger partial charge in [-0.3, -0.25) is 4.79 Å². The molecule has 1 aromatic heterocycles. The number of benzene rings is 1. The third kappa shape index (κ3) is 4.77. The maximum absolute atomic E-state index is 12.3. The first-order valence-corrected chi connectivity index (χ1v) is 9.32. The number of nitrogens with zero attached hydrogens (tertiary/aromatic N) is 2. The molecule has 0 aliphatic heterocycles. The van der Waals surface area contributed by atoms with Crippen LogP contribution in [0.2, 0.25) is 0 Å². The molecule has 7 nitrogen and oxygen atoms in total. The second kappa shape index (κ2) is 8.09. The van der Waals surface area contributed by atoms with Crippen LogP contribution < -0.4 is 10.6 Å². The number of hydrogen-bond donors (Lipinski definition) is 2. The molecule has 1 aromatic carbocycles. The van der Waals surface area contributed by atoms with Crippen LogP contribution in [0, 0.1) is 0 Å². The van der Waals surface area contributed by atoms with Crippen molar-refractivity contribution in [3.8, 4) is 0 Å². The summed E-state index contributed by atoms with van der Waals surface area (Å²) in [5.74, 6) is 0.419. The van der Waals surface area contributed by atoms with Crippen molar-refractivity contribution in [3.05, 3.63) is 48.2 Å². The van der Waals surface area contributed by atoms with Crippen molar-refractivity contribution in [2.24, 2.45) is 0 Å². The van der Waals surface area contributed by atoms with E-state index in [0.29, 0.717) is 11.3 Å². The molecule has 2 rings (SSSR count). The van der Waals surface area contributed by atoms with Crippen LogP contribution in [0.4, 0.5) is 11.5 Å². The third-order valence-electron chi connectivity index (χ3n) is 3.47. The Morgan fingerprint density at radius 2 is 1.80 bits per heavy atom. The van der Waals surface area contributed by atoms with Crippen molar-refractivity contribution in [2.45, 2.75) is 18.2 Å². The van der Waals surface area contributed by atoms with Gasteiger partial charge >= 0.3 is 0 Å².